The molecule has 3 nitrogen and oxygen atoms in total. The summed E-state index contributed by atoms with van der Waals surface area (Å²) in [4.78, 5) is 6.38. The van der Waals surface area contributed by atoms with E-state index in [1.165, 1.54) is 11.1 Å². The quantitative estimate of drug-likeness (QED) is 0.899. The first-order valence-corrected chi connectivity index (χ1v) is 5.98. The topological polar surface area (TPSA) is 36.4 Å². The minimum atomic E-state index is 0.0379. The van der Waals surface area contributed by atoms with Gasteiger partial charge in [-0.05, 0) is 43.2 Å². The third kappa shape index (κ3) is 2.51. The molecule has 1 aromatic carbocycles. The Morgan fingerprint density at radius 1 is 1.17 bits per heavy atom. The highest BCUT2D eigenvalue weighted by atomic mass is 16.3. The highest BCUT2D eigenvalue weighted by Gasteiger charge is 2.08. The summed E-state index contributed by atoms with van der Waals surface area (Å²) in [5.74, 6) is 0.841. The van der Waals surface area contributed by atoms with Gasteiger partial charge in [0.05, 0.1) is 6.61 Å². The maximum absolute atomic E-state index is 9.16. The second kappa shape index (κ2) is 5.19. The van der Waals surface area contributed by atoms with E-state index in [-0.39, 0.29) is 6.61 Å². The van der Waals surface area contributed by atoms with Gasteiger partial charge in [0.2, 0.25) is 0 Å². The van der Waals surface area contributed by atoms with Crippen molar-refractivity contribution in [2.45, 2.75) is 20.5 Å². The van der Waals surface area contributed by atoms with Gasteiger partial charge in [-0.25, -0.2) is 4.98 Å². The summed E-state index contributed by atoms with van der Waals surface area (Å²) < 4.78 is 0. The number of hydrogen-bond acceptors (Lipinski definition) is 3. The number of aromatic nitrogens is 1. The van der Waals surface area contributed by atoms with Gasteiger partial charge in [-0.15, -0.1) is 0 Å². The van der Waals surface area contributed by atoms with Gasteiger partial charge in [0.1, 0.15) is 5.82 Å². The highest BCUT2D eigenvalue weighted by molar-refractivity contribution is 5.63. The first-order valence-electron chi connectivity index (χ1n) is 5.98. The molecule has 0 unspecified atom stereocenters. The van der Waals surface area contributed by atoms with Crippen molar-refractivity contribution < 1.29 is 5.11 Å². The van der Waals surface area contributed by atoms with Crippen LogP contribution < -0.4 is 4.90 Å². The van der Waals surface area contributed by atoms with Gasteiger partial charge in [-0.1, -0.05) is 17.7 Å². The first-order chi connectivity index (χ1) is 8.61. The number of nitrogens with zero attached hydrogens (tertiary/aromatic N) is 2. The van der Waals surface area contributed by atoms with Crippen LogP contribution in [0.3, 0.4) is 0 Å². The van der Waals surface area contributed by atoms with Crippen molar-refractivity contribution in [1.29, 1.82) is 0 Å². The molecule has 0 spiro atoms. The monoisotopic (exact) mass is 242 g/mol. The van der Waals surface area contributed by atoms with E-state index in [2.05, 4.69) is 37.0 Å². The Labute approximate surface area is 108 Å². The molecule has 0 saturated carbocycles. The van der Waals surface area contributed by atoms with Crippen LogP contribution in [-0.4, -0.2) is 17.1 Å². The van der Waals surface area contributed by atoms with E-state index in [0.29, 0.717) is 0 Å². The Balaban J connectivity index is 2.37. The van der Waals surface area contributed by atoms with Crippen molar-refractivity contribution in [3.63, 3.8) is 0 Å². The number of benzene rings is 1. The maximum atomic E-state index is 9.16. The molecule has 18 heavy (non-hydrogen) atoms. The van der Waals surface area contributed by atoms with Gasteiger partial charge in [0, 0.05) is 18.9 Å². The average molecular weight is 242 g/mol. The molecule has 0 bridgehead atoms. The molecule has 0 radical (unpaired) electrons. The lowest BCUT2D eigenvalue weighted by atomic mass is 10.1. The molecule has 0 saturated heterocycles. The SMILES string of the molecule is Cc1ccc(N(C)c2cc(CO)ccn2)c(C)c1. The third-order valence-corrected chi connectivity index (χ3v) is 3.05. The average Bonchev–Trinajstić information content (AvgIpc) is 2.38. The molecule has 0 aliphatic rings. The fourth-order valence-corrected chi connectivity index (χ4v) is 2.05. The third-order valence-electron chi connectivity index (χ3n) is 3.05. The smallest absolute Gasteiger partial charge is 0.133 e. The van der Waals surface area contributed by atoms with E-state index in [4.69, 9.17) is 5.11 Å². The number of hydrogen-bond donors (Lipinski definition) is 1. The second-order valence-corrected chi connectivity index (χ2v) is 4.53. The van der Waals surface area contributed by atoms with Crippen LogP contribution >= 0.6 is 0 Å². The van der Waals surface area contributed by atoms with Gasteiger partial charge in [0.25, 0.3) is 0 Å². The molecule has 0 amide bonds. The number of aryl methyl sites for hydroxylation is 2. The Bertz CT molecular complexity index is 552. The molecule has 0 atom stereocenters. The molecule has 1 heterocycles. The Morgan fingerprint density at radius 3 is 2.61 bits per heavy atom. The van der Waals surface area contributed by atoms with E-state index in [9.17, 15) is 0 Å². The molecule has 3 heteroatoms. The Kier molecular flexibility index (Phi) is 3.63. The molecule has 2 rings (SSSR count). The summed E-state index contributed by atoms with van der Waals surface area (Å²) in [5, 5.41) is 9.16. The van der Waals surface area contributed by atoms with Crippen LogP contribution in [0.15, 0.2) is 36.5 Å². The summed E-state index contributed by atoms with van der Waals surface area (Å²) in [6, 6.07) is 10.1. The molecular formula is C15H18N2O. The zero-order valence-corrected chi connectivity index (χ0v) is 11.0. The lowest BCUT2D eigenvalue weighted by Gasteiger charge is -2.21. The predicted octanol–water partition coefficient (Wildman–Crippen LogP) is 2.96. The zero-order valence-electron chi connectivity index (χ0n) is 11.0. The predicted molar refractivity (Wildman–Crippen MR) is 74.1 cm³/mol. The molecular weight excluding hydrogens is 224 g/mol. The largest absolute Gasteiger partial charge is 0.392 e. The second-order valence-electron chi connectivity index (χ2n) is 4.53. The van der Waals surface area contributed by atoms with E-state index in [1.807, 2.05) is 24.1 Å². The summed E-state index contributed by atoms with van der Waals surface area (Å²) >= 11 is 0. The van der Waals surface area contributed by atoms with Gasteiger partial charge in [-0.2, -0.15) is 0 Å². The molecule has 0 aliphatic heterocycles. The van der Waals surface area contributed by atoms with Crippen LogP contribution in [0.5, 0.6) is 0 Å². The Morgan fingerprint density at radius 2 is 1.94 bits per heavy atom. The molecule has 0 aliphatic carbocycles. The first kappa shape index (κ1) is 12.6. The van der Waals surface area contributed by atoms with Crippen molar-refractivity contribution >= 4 is 11.5 Å². The minimum absolute atomic E-state index is 0.0379. The van der Waals surface area contributed by atoms with Crippen LogP contribution in [-0.2, 0) is 6.61 Å². The van der Waals surface area contributed by atoms with Crippen LogP contribution in [0.25, 0.3) is 0 Å². The van der Waals surface area contributed by atoms with Crippen LogP contribution in [0, 0.1) is 13.8 Å². The number of pyridine rings is 1. The van der Waals surface area contributed by atoms with E-state index >= 15 is 0 Å². The maximum Gasteiger partial charge on any atom is 0.133 e. The van der Waals surface area contributed by atoms with Gasteiger partial charge in [-0.3, -0.25) is 0 Å². The van der Waals surface area contributed by atoms with E-state index in [1.54, 1.807) is 6.20 Å². The number of aliphatic hydroxyl groups is 1. The zero-order chi connectivity index (χ0) is 13.1. The minimum Gasteiger partial charge on any atom is -0.392 e. The van der Waals surface area contributed by atoms with Gasteiger partial charge >= 0.3 is 0 Å². The van der Waals surface area contributed by atoms with Crippen LogP contribution in [0.1, 0.15) is 16.7 Å². The van der Waals surface area contributed by atoms with Gasteiger partial charge < -0.3 is 10.0 Å². The number of anilines is 2. The lowest BCUT2D eigenvalue weighted by Crippen LogP contribution is -2.12. The van der Waals surface area contributed by atoms with E-state index < -0.39 is 0 Å². The molecule has 2 aromatic rings. The summed E-state index contributed by atoms with van der Waals surface area (Å²) in [6.45, 7) is 4.21. The molecule has 1 N–H and O–H groups in total. The summed E-state index contributed by atoms with van der Waals surface area (Å²) in [5.41, 5.74) is 4.47. The van der Waals surface area contributed by atoms with Gasteiger partial charge in [0.15, 0.2) is 0 Å². The number of aliphatic hydroxyl groups excluding tert-OH is 1. The van der Waals surface area contributed by atoms with Crippen LogP contribution in [0.4, 0.5) is 11.5 Å². The normalized spacial score (nSPS) is 10.4. The lowest BCUT2D eigenvalue weighted by molar-refractivity contribution is 0.282. The molecule has 0 fully saturated rings. The summed E-state index contributed by atoms with van der Waals surface area (Å²) in [7, 11) is 1.99. The van der Waals surface area contributed by atoms with E-state index in [0.717, 1.165) is 17.1 Å². The Hall–Kier alpha value is -1.87. The van der Waals surface area contributed by atoms with Crippen LogP contribution in [0.2, 0.25) is 0 Å². The fraction of sp³-hybridized carbons (Fsp3) is 0.267. The van der Waals surface area contributed by atoms with Crippen molar-refractivity contribution in [1.82, 2.24) is 4.98 Å². The standard InChI is InChI=1S/C15H18N2O/c1-11-4-5-14(12(2)8-11)17(3)15-9-13(10-18)6-7-16-15/h4-9,18H,10H2,1-3H3. The van der Waals surface area contributed by atoms with Crippen molar-refractivity contribution in [3.05, 3.63) is 53.2 Å². The molecule has 1 aromatic heterocycles. The fourth-order valence-electron chi connectivity index (χ4n) is 2.05. The molecule has 94 valence electrons. The highest BCUT2D eigenvalue weighted by Crippen LogP contribution is 2.26. The van der Waals surface area contributed by atoms with Crippen molar-refractivity contribution in [3.8, 4) is 0 Å². The van der Waals surface area contributed by atoms with Crippen molar-refractivity contribution in [2.24, 2.45) is 0 Å². The van der Waals surface area contributed by atoms with Crippen molar-refractivity contribution in [2.75, 3.05) is 11.9 Å². The number of rotatable bonds is 3. The summed E-state index contributed by atoms with van der Waals surface area (Å²) in [6.07, 6.45) is 1.72.